The van der Waals surface area contributed by atoms with Crippen molar-refractivity contribution in [1.82, 2.24) is 4.57 Å². The summed E-state index contributed by atoms with van der Waals surface area (Å²) in [5, 5.41) is 3.32. The summed E-state index contributed by atoms with van der Waals surface area (Å²) in [5.74, 6) is 0.372. The molecule has 0 radical (unpaired) electrons. The number of nitrogens with zero attached hydrogens (tertiary/aromatic N) is 1. The van der Waals surface area contributed by atoms with Gasteiger partial charge in [0.05, 0.1) is 23.5 Å². The van der Waals surface area contributed by atoms with Crippen molar-refractivity contribution >= 4 is 28.9 Å². The summed E-state index contributed by atoms with van der Waals surface area (Å²) in [7, 11) is 1.56. The summed E-state index contributed by atoms with van der Waals surface area (Å²) >= 11 is 5.98. The van der Waals surface area contributed by atoms with Crippen molar-refractivity contribution in [2.24, 2.45) is 0 Å². The van der Waals surface area contributed by atoms with Gasteiger partial charge in [-0.3, -0.25) is 4.79 Å². The lowest BCUT2D eigenvalue weighted by atomic mass is 10.2. The first-order valence-electron chi connectivity index (χ1n) is 6.65. The molecule has 0 aliphatic rings. The van der Waals surface area contributed by atoms with E-state index in [-0.39, 0.29) is 5.91 Å². The van der Waals surface area contributed by atoms with Gasteiger partial charge in [-0.15, -0.1) is 0 Å². The number of nitrogens with two attached hydrogens (primary N) is 1. The number of benzene rings is 1. The maximum atomic E-state index is 12.4. The minimum atomic E-state index is -0.254. The smallest absolute Gasteiger partial charge is 0.272 e. The number of anilines is 2. The molecular weight excluding hydrogens is 290 g/mol. The third-order valence-corrected chi connectivity index (χ3v) is 3.28. The molecule has 0 atom stereocenters. The van der Waals surface area contributed by atoms with Crippen LogP contribution in [0.15, 0.2) is 30.5 Å². The minimum absolute atomic E-state index is 0.254. The highest BCUT2D eigenvalue weighted by molar-refractivity contribution is 6.31. The fourth-order valence-corrected chi connectivity index (χ4v) is 2.27. The van der Waals surface area contributed by atoms with Crippen LogP contribution < -0.4 is 15.8 Å². The third kappa shape index (κ3) is 3.49. The van der Waals surface area contributed by atoms with Crippen molar-refractivity contribution < 1.29 is 9.53 Å². The van der Waals surface area contributed by atoms with Gasteiger partial charge in [-0.05, 0) is 24.6 Å². The van der Waals surface area contributed by atoms with Crippen LogP contribution in [0.5, 0.6) is 5.75 Å². The van der Waals surface area contributed by atoms with E-state index in [1.165, 1.54) is 0 Å². The summed E-state index contributed by atoms with van der Waals surface area (Å²) in [6.45, 7) is 2.76. The Balaban J connectivity index is 2.25. The highest BCUT2D eigenvalue weighted by atomic mass is 35.5. The van der Waals surface area contributed by atoms with Crippen molar-refractivity contribution in [2.75, 3.05) is 18.2 Å². The van der Waals surface area contributed by atoms with Crippen LogP contribution in [0.2, 0.25) is 5.02 Å². The molecule has 5 nitrogen and oxygen atoms in total. The van der Waals surface area contributed by atoms with Crippen molar-refractivity contribution in [1.29, 1.82) is 0 Å². The molecule has 6 heteroatoms. The van der Waals surface area contributed by atoms with Gasteiger partial charge in [0.2, 0.25) is 0 Å². The van der Waals surface area contributed by atoms with E-state index in [9.17, 15) is 4.79 Å². The second kappa shape index (κ2) is 6.54. The van der Waals surface area contributed by atoms with Gasteiger partial charge >= 0.3 is 0 Å². The zero-order chi connectivity index (χ0) is 15.4. The van der Waals surface area contributed by atoms with E-state index in [4.69, 9.17) is 22.1 Å². The number of ether oxygens (including phenoxy) is 1. The fraction of sp³-hybridized carbons (Fsp3) is 0.267. The van der Waals surface area contributed by atoms with E-state index in [0.29, 0.717) is 27.8 Å². The average molecular weight is 308 g/mol. The molecule has 0 bridgehead atoms. The Kier molecular flexibility index (Phi) is 4.75. The van der Waals surface area contributed by atoms with Gasteiger partial charge in [-0.1, -0.05) is 18.5 Å². The third-order valence-electron chi connectivity index (χ3n) is 3.07. The first-order valence-corrected chi connectivity index (χ1v) is 7.03. The number of nitrogen functional groups attached to an aromatic ring is 1. The molecule has 2 rings (SSSR count). The molecule has 0 aliphatic carbocycles. The molecule has 0 saturated heterocycles. The monoisotopic (exact) mass is 307 g/mol. The Labute approximate surface area is 128 Å². The van der Waals surface area contributed by atoms with Crippen LogP contribution in [-0.2, 0) is 6.54 Å². The number of aryl methyl sites for hydroxylation is 1. The minimum Gasteiger partial charge on any atom is -0.497 e. The number of carbonyl (C=O) groups excluding carboxylic acids is 1. The highest BCUT2D eigenvalue weighted by Crippen LogP contribution is 2.25. The number of amides is 1. The number of carbonyl (C=O) groups is 1. The van der Waals surface area contributed by atoms with Gasteiger partial charge in [0.1, 0.15) is 11.4 Å². The lowest BCUT2D eigenvalue weighted by Gasteiger charge is -2.11. The molecule has 3 N–H and O–H groups in total. The lowest BCUT2D eigenvalue weighted by Crippen LogP contribution is -2.17. The average Bonchev–Trinajstić information content (AvgIpc) is 2.82. The van der Waals surface area contributed by atoms with Gasteiger partial charge < -0.3 is 20.4 Å². The van der Waals surface area contributed by atoms with Crippen molar-refractivity contribution in [3.05, 3.63) is 41.2 Å². The molecule has 0 aliphatic heterocycles. The molecule has 112 valence electrons. The number of hydrogen-bond acceptors (Lipinski definition) is 3. The van der Waals surface area contributed by atoms with Gasteiger partial charge in [-0.25, -0.2) is 0 Å². The summed E-state index contributed by atoms with van der Waals surface area (Å²) in [4.78, 5) is 12.4. The number of hydrogen-bond donors (Lipinski definition) is 2. The van der Waals surface area contributed by atoms with Crippen LogP contribution in [0.1, 0.15) is 23.8 Å². The van der Waals surface area contributed by atoms with E-state index in [2.05, 4.69) is 5.32 Å². The fourth-order valence-electron chi connectivity index (χ4n) is 2.05. The number of aromatic nitrogens is 1. The van der Waals surface area contributed by atoms with Gasteiger partial charge in [0.25, 0.3) is 5.91 Å². The van der Waals surface area contributed by atoms with Gasteiger partial charge in [0, 0.05) is 18.8 Å². The van der Waals surface area contributed by atoms with Gasteiger partial charge in [-0.2, -0.15) is 0 Å². The summed E-state index contributed by atoms with van der Waals surface area (Å²) < 4.78 is 6.96. The quantitative estimate of drug-likeness (QED) is 0.832. The Morgan fingerprint density at radius 2 is 2.19 bits per heavy atom. The molecule has 1 aromatic heterocycles. The molecule has 1 aromatic carbocycles. The van der Waals surface area contributed by atoms with Crippen LogP contribution in [0, 0.1) is 0 Å². The van der Waals surface area contributed by atoms with Crippen LogP contribution >= 0.6 is 11.6 Å². The number of rotatable bonds is 5. The molecule has 21 heavy (non-hydrogen) atoms. The van der Waals surface area contributed by atoms with E-state index in [1.807, 2.05) is 11.5 Å². The number of methoxy groups -OCH3 is 1. The van der Waals surface area contributed by atoms with E-state index < -0.39 is 0 Å². The molecule has 0 spiro atoms. The second-order valence-electron chi connectivity index (χ2n) is 4.64. The van der Waals surface area contributed by atoms with Crippen molar-refractivity contribution in [3.63, 3.8) is 0 Å². The predicted octanol–water partition coefficient (Wildman–Crippen LogP) is 3.39. The van der Waals surface area contributed by atoms with Crippen LogP contribution in [-0.4, -0.2) is 17.6 Å². The number of nitrogens with one attached hydrogen (secondary N) is 1. The zero-order valence-corrected chi connectivity index (χ0v) is 12.8. The summed E-state index contributed by atoms with van der Waals surface area (Å²) in [5.41, 5.74) is 7.36. The second-order valence-corrected chi connectivity index (χ2v) is 5.08. The predicted molar refractivity (Wildman–Crippen MR) is 85.1 cm³/mol. The maximum Gasteiger partial charge on any atom is 0.272 e. The van der Waals surface area contributed by atoms with Crippen LogP contribution in [0.3, 0.4) is 0 Å². The lowest BCUT2D eigenvalue weighted by molar-refractivity contribution is 0.101. The normalized spacial score (nSPS) is 10.4. The van der Waals surface area contributed by atoms with Gasteiger partial charge in [0.15, 0.2) is 0 Å². The first kappa shape index (κ1) is 15.3. The molecule has 0 saturated carbocycles. The molecule has 0 unspecified atom stereocenters. The largest absolute Gasteiger partial charge is 0.497 e. The van der Waals surface area contributed by atoms with E-state index in [0.717, 1.165) is 13.0 Å². The molecular formula is C15H18ClN3O2. The highest BCUT2D eigenvalue weighted by Gasteiger charge is 2.14. The summed E-state index contributed by atoms with van der Waals surface area (Å²) in [6.07, 6.45) is 2.65. The SMILES string of the molecule is CCCn1cc(Cl)cc1C(=O)Nc1cc(OC)ccc1N. The Morgan fingerprint density at radius 1 is 1.43 bits per heavy atom. The topological polar surface area (TPSA) is 69.3 Å². The van der Waals surface area contributed by atoms with Crippen LogP contribution in [0.25, 0.3) is 0 Å². The molecule has 1 heterocycles. The van der Waals surface area contributed by atoms with E-state index >= 15 is 0 Å². The zero-order valence-electron chi connectivity index (χ0n) is 12.0. The first-order chi connectivity index (χ1) is 10.0. The molecule has 1 amide bonds. The number of halogens is 1. The molecule has 2 aromatic rings. The maximum absolute atomic E-state index is 12.4. The standard InChI is InChI=1S/C15H18ClN3O2/c1-3-6-19-9-10(16)7-14(19)15(20)18-13-8-11(21-2)4-5-12(13)17/h4-5,7-9H,3,6,17H2,1-2H3,(H,18,20). The molecule has 0 fully saturated rings. The van der Waals surface area contributed by atoms with Crippen LogP contribution in [0.4, 0.5) is 11.4 Å². The van der Waals surface area contributed by atoms with Crippen molar-refractivity contribution in [2.45, 2.75) is 19.9 Å². The Hall–Kier alpha value is -2.14. The van der Waals surface area contributed by atoms with Crippen molar-refractivity contribution in [3.8, 4) is 5.75 Å². The Bertz CT molecular complexity index is 652. The summed E-state index contributed by atoms with van der Waals surface area (Å²) in [6, 6.07) is 6.75. The Morgan fingerprint density at radius 3 is 2.86 bits per heavy atom. The van der Waals surface area contributed by atoms with E-state index in [1.54, 1.807) is 37.6 Å².